The van der Waals surface area contributed by atoms with Gasteiger partial charge >= 0.3 is 0 Å². The number of methoxy groups -OCH3 is 1. The van der Waals surface area contributed by atoms with Crippen LogP contribution < -0.4 is 10.6 Å². The zero-order valence-electron chi connectivity index (χ0n) is 37.8. The van der Waals surface area contributed by atoms with Crippen molar-refractivity contribution in [1.29, 1.82) is 0 Å². The Hall–Kier alpha value is -6.42. The first kappa shape index (κ1) is 49.6. The number of nitrogens with zero attached hydrogens (tertiary/aromatic N) is 4. The van der Waals surface area contributed by atoms with Gasteiger partial charge in [-0.25, -0.2) is 9.97 Å². The number of likely N-dealkylation sites (N-methyl/N-ethyl adjacent to an activating group) is 1. The number of H-pyrrole nitrogens is 2. The highest BCUT2D eigenvalue weighted by Crippen LogP contribution is 2.44. The number of aromatic amines is 2. The topological polar surface area (TPSA) is 165 Å². The summed E-state index contributed by atoms with van der Waals surface area (Å²) in [5.74, 6) is 0.0800. The fraction of sp³-hybridized carbons (Fsp3) is 0.320. The van der Waals surface area contributed by atoms with E-state index in [9.17, 15) is 14.4 Å². The van der Waals surface area contributed by atoms with Gasteiger partial charge in [-0.1, -0.05) is 99.1 Å². The number of hydrogen-bond donors (Lipinski definition) is 4. The fourth-order valence-electron chi connectivity index (χ4n) is 7.18. The number of ether oxygens (including phenoxy) is 1. The van der Waals surface area contributed by atoms with Gasteiger partial charge < -0.3 is 35.1 Å². The monoisotopic (exact) mass is 916 g/mol. The van der Waals surface area contributed by atoms with Gasteiger partial charge in [0.15, 0.2) is 0 Å². The highest BCUT2D eigenvalue weighted by Gasteiger charge is 2.26. The molecule has 1 atom stereocenters. The van der Waals surface area contributed by atoms with Crippen LogP contribution in [0.5, 0.6) is 0 Å². The van der Waals surface area contributed by atoms with Crippen molar-refractivity contribution in [2.24, 2.45) is 0 Å². The van der Waals surface area contributed by atoms with Gasteiger partial charge in [-0.2, -0.15) is 0 Å². The lowest BCUT2D eigenvalue weighted by molar-refractivity contribution is -0.132. The van der Waals surface area contributed by atoms with Gasteiger partial charge in [-0.15, -0.1) is 22.7 Å². The largest absolute Gasteiger partial charge is 0.471 e. The van der Waals surface area contributed by atoms with Crippen molar-refractivity contribution in [2.75, 3.05) is 46.9 Å². The Kier molecular flexibility index (Phi) is 20.1. The minimum absolute atomic E-state index is 0.0303. The highest BCUT2D eigenvalue weighted by atomic mass is 32.1. The number of aromatic nitrogens is 4. The molecule has 2 aliphatic rings. The van der Waals surface area contributed by atoms with E-state index in [1.54, 1.807) is 17.6 Å². The van der Waals surface area contributed by atoms with Gasteiger partial charge in [0.25, 0.3) is 6.47 Å². The van der Waals surface area contributed by atoms with Gasteiger partial charge in [0.2, 0.25) is 17.7 Å². The summed E-state index contributed by atoms with van der Waals surface area (Å²) in [4.78, 5) is 61.2. The van der Waals surface area contributed by atoms with Crippen molar-refractivity contribution in [1.82, 2.24) is 40.4 Å². The van der Waals surface area contributed by atoms with E-state index in [4.69, 9.17) is 4.79 Å². The molecule has 2 aliphatic heterocycles. The number of carbonyl (C=O) groups is 4. The number of hydrogen-bond acceptors (Lipinski definition) is 10. The summed E-state index contributed by atoms with van der Waals surface area (Å²) in [6, 6.07) is 27.1. The molecule has 9 rings (SSSR count). The lowest BCUT2D eigenvalue weighted by Gasteiger charge is -2.23. The van der Waals surface area contributed by atoms with E-state index in [2.05, 4.69) is 108 Å². The minimum Gasteiger partial charge on any atom is -0.471 e. The van der Waals surface area contributed by atoms with Crippen LogP contribution in [0, 0.1) is 0 Å². The van der Waals surface area contributed by atoms with E-state index in [-0.39, 0.29) is 30.3 Å². The molecule has 0 unspecified atom stereocenters. The molecule has 0 bridgehead atoms. The molecule has 0 aliphatic carbocycles. The highest BCUT2D eigenvalue weighted by molar-refractivity contribution is 7.27. The number of likely N-dealkylation sites (tertiary alicyclic amines) is 2. The maximum atomic E-state index is 12.2. The van der Waals surface area contributed by atoms with Crippen molar-refractivity contribution in [2.45, 2.75) is 58.9 Å². The molecule has 0 spiro atoms. The first-order valence-corrected chi connectivity index (χ1v) is 23.6. The van der Waals surface area contributed by atoms with Crippen LogP contribution in [0.2, 0.25) is 0 Å². The van der Waals surface area contributed by atoms with Gasteiger partial charge in [0.05, 0.1) is 59.5 Å². The van der Waals surface area contributed by atoms with Crippen LogP contribution in [-0.4, -0.2) is 101 Å². The average Bonchev–Trinajstić information content (AvgIpc) is 4.20. The third-order valence-corrected chi connectivity index (χ3v) is 12.6. The first-order valence-electron chi connectivity index (χ1n) is 21.9. The Labute approximate surface area is 389 Å². The van der Waals surface area contributed by atoms with Crippen LogP contribution in [0.25, 0.3) is 54.2 Å². The van der Waals surface area contributed by atoms with E-state index >= 15 is 0 Å². The predicted octanol–water partition coefficient (Wildman–Crippen LogP) is 9.60. The normalized spacial score (nSPS) is 13.1. The third kappa shape index (κ3) is 14.3. The van der Waals surface area contributed by atoms with Crippen LogP contribution in [-0.2, 0) is 23.9 Å². The second-order valence-corrected chi connectivity index (χ2v) is 17.0. The quantitative estimate of drug-likeness (QED) is 0.0986. The number of amides is 3. The Bertz CT molecular complexity index is 2340. The predicted molar refractivity (Wildman–Crippen MR) is 263 cm³/mol. The molecule has 2 fully saturated rings. The van der Waals surface area contributed by atoms with Crippen LogP contribution in [0.15, 0.2) is 115 Å². The smallest absolute Gasteiger partial charge is 0.292 e. The molecule has 4 N–H and O–H groups in total. The summed E-state index contributed by atoms with van der Waals surface area (Å²) >= 11 is 3.64. The summed E-state index contributed by atoms with van der Waals surface area (Å²) in [5, 5.41) is 10.1. The lowest BCUT2D eigenvalue weighted by atomic mass is 10.0. The maximum absolute atomic E-state index is 12.2. The molecule has 6 heterocycles. The van der Waals surface area contributed by atoms with E-state index in [1.165, 1.54) is 52.1 Å². The number of fused-ring (bicyclic) bond motifs is 1. The van der Waals surface area contributed by atoms with Gasteiger partial charge in [0, 0.05) is 55.0 Å². The van der Waals surface area contributed by atoms with Gasteiger partial charge in [-0.05, 0) is 60.5 Å². The molecule has 0 radical (unpaired) electrons. The number of carbonyl (C=O) groups excluding carboxylic acids is 4. The second kappa shape index (κ2) is 26.4. The SMILES string of the molecule is CC(=O)NCC(=O)N1CCCC1.CCC.CN[C@@H](C(=O)N1CCCC1)c1ccccc1.COC=O.c1ncc(-c2ccc(-c3csc4c(-c5ccc(-c6cnc[nH]6)cc5)csc34)cc2)[nH]1. The zero-order valence-corrected chi connectivity index (χ0v) is 39.5. The summed E-state index contributed by atoms with van der Waals surface area (Å²) in [6.07, 6.45) is 12.8. The Morgan fingerprint density at radius 2 is 1.15 bits per heavy atom. The molecular formula is C50H60N8O5S2. The van der Waals surface area contributed by atoms with Crippen LogP contribution in [0.4, 0.5) is 0 Å². The zero-order chi connectivity index (χ0) is 46.4. The third-order valence-electron chi connectivity index (χ3n) is 10.4. The van der Waals surface area contributed by atoms with Crippen molar-refractivity contribution >= 4 is 56.3 Å². The van der Waals surface area contributed by atoms with Crippen molar-refractivity contribution in [3.8, 4) is 44.8 Å². The Balaban J connectivity index is 0.000000190. The summed E-state index contributed by atoms with van der Waals surface area (Å²) in [6.45, 7) is 9.69. The van der Waals surface area contributed by atoms with Gasteiger partial charge in [0.1, 0.15) is 6.04 Å². The van der Waals surface area contributed by atoms with Crippen LogP contribution in [0.1, 0.15) is 64.5 Å². The number of rotatable bonds is 10. The maximum Gasteiger partial charge on any atom is 0.292 e. The Morgan fingerprint density at radius 3 is 1.54 bits per heavy atom. The molecule has 0 saturated carbocycles. The number of nitrogens with one attached hydrogen (secondary N) is 4. The molecule has 3 aromatic carbocycles. The van der Waals surface area contributed by atoms with E-state index in [0.717, 1.165) is 79.9 Å². The average molecular weight is 917 g/mol. The summed E-state index contributed by atoms with van der Waals surface area (Å²) in [5.41, 5.74) is 10.5. The molecule has 342 valence electrons. The molecule has 3 amide bonds. The van der Waals surface area contributed by atoms with Crippen molar-refractivity contribution in [3.05, 3.63) is 120 Å². The summed E-state index contributed by atoms with van der Waals surface area (Å²) in [7, 11) is 3.15. The molecule has 2 saturated heterocycles. The van der Waals surface area contributed by atoms with E-state index < -0.39 is 0 Å². The number of benzene rings is 3. The van der Waals surface area contributed by atoms with Crippen molar-refractivity contribution in [3.63, 3.8) is 0 Å². The molecule has 7 aromatic rings. The molecule has 4 aromatic heterocycles. The number of imidazole rings is 2. The fourth-order valence-corrected chi connectivity index (χ4v) is 9.64. The molecule has 65 heavy (non-hydrogen) atoms. The summed E-state index contributed by atoms with van der Waals surface area (Å²) < 4.78 is 6.56. The molecular weight excluding hydrogens is 857 g/mol. The first-order chi connectivity index (χ1) is 31.7. The standard InChI is InChI=1S/C24H16N4S2.C13H18N2O.C8H14N2O2.C3H8.C2H4O2/c1-5-17(21-9-25-13-27-21)6-2-15(1)19-11-29-24-20(12-30-23(19)24)16-3-7-18(8-4-16)22-10-26-14-28-22;1-14-12(11-7-3-2-4-8-11)13(16)15-9-5-6-10-15;1-7(11)9-6-8(12)10-4-2-3-5-10;1-3-2;1-4-2-3/h1-14H,(H,25,27)(H,26,28);2-4,7-8,12,14H,5-6,9-10H2,1H3;2-6H2,1H3,(H,9,11);3H2,1-2H3;2H,1H3/t;12-;;;/m.1.../s1. The van der Waals surface area contributed by atoms with Crippen molar-refractivity contribution < 1.29 is 23.9 Å². The number of thiophene rings is 2. The van der Waals surface area contributed by atoms with Gasteiger partial charge in [-0.3, -0.25) is 19.2 Å². The molecule has 13 nitrogen and oxygen atoms in total. The molecule has 15 heteroatoms. The van der Waals surface area contributed by atoms with Crippen LogP contribution in [0.3, 0.4) is 0 Å². The van der Waals surface area contributed by atoms with E-state index in [0.29, 0.717) is 6.47 Å². The van der Waals surface area contributed by atoms with Crippen LogP contribution >= 0.6 is 22.7 Å². The Morgan fingerprint density at radius 1 is 0.723 bits per heavy atom. The van der Waals surface area contributed by atoms with E-state index in [1.807, 2.05) is 77.3 Å². The second-order valence-electron chi connectivity index (χ2n) is 15.2. The lowest BCUT2D eigenvalue weighted by Crippen LogP contribution is -2.38. The minimum atomic E-state index is -0.195.